The smallest absolute Gasteiger partial charge is 0.266 e. The number of amides is 2. The summed E-state index contributed by atoms with van der Waals surface area (Å²) in [5.41, 5.74) is 7.48. The van der Waals surface area contributed by atoms with Crippen molar-refractivity contribution in [1.29, 1.82) is 0 Å². The maximum atomic E-state index is 12.3. The Morgan fingerprint density at radius 1 is 1.50 bits per heavy atom. The van der Waals surface area contributed by atoms with E-state index in [1.165, 1.54) is 23.3 Å². The molecule has 0 atom stereocenters. The number of rotatable bonds is 3. The number of hydrogen-bond acceptors (Lipinski definition) is 5. The normalized spacial score (nSPS) is 10.6. The molecule has 20 heavy (non-hydrogen) atoms. The van der Waals surface area contributed by atoms with Crippen molar-refractivity contribution in [3.05, 3.63) is 22.7 Å². The minimum atomic E-state index is -0.270. The van der Waals surface area contributed by atoms with Crippen LogP contribution in [0.2, 0.25) is 0 Å². The lowest BCUT2D eigenvalue weighted by Gasteiger charge is -2.15. The fraction of sp³-hybridized carbons (Fsp3) is 0.308. The highest BCUT2D eigenvalue weighted by molar-refractivity contribution is 7.21. The molecule has 2 rings (SSSR count). The van der Waals surface area contributed by atoms with Gasteiger partial charge in [-0.2, -0.15) is 0 Å². The lowest BCUT2D eigenvalue weighted by atomic mass is 10.1. The predicted octanol–water partition coefficient (Wildman–Crippen LogP) is 1.00. The van der Waals surface area contributed by atoms with Crippen molar-refractivity contribution >= 4 is 39.1 Å². The average Bonchev–Trinajstić information content (AvgIpc) is 2.76. The maximum absolute atomic E-state index is 12.3. The summed E-state index contributed by atoms with van der Waals surface area (Å²) in [4.78, 5) is 30.4. The molecule has 0 aromatic carbocycles. The van der Waals surface area contributed by atoms with E-state index < -0.39 is 0 Å². The molecule has 0 unspecified atom stereocenters. The summed E-state index contributed by atoms with van der Waals surface area (Å²) in [6.45, 7) is 1.92. The quantitative estimate of drug-likeness (QED) is 0.883. The summed E-state index contributed by atoms with van der Waals surface area (Å²) >= 11 is 1.25. The number of fused-ring (bicyclic) bond motifs is 1. The largest absolute Gasteiger partial charge is 0.397 e. The molecule has 7 heteroatoms. The van der Waals surface area contributed by atoms with Gasteiger partial charge in [-0.15, -0.1) is 11.3 Å². The molecule has 0 aliphatic rings. The summed E-state index contributed by atoms with van der Waals surface area (Å²) < 4.78 is 0. The van der Waals surface area contributed by atoms with E-state index in [-0.39, 0.29) is 18.4 Å². The van der Waals surface area contributed by atoms with E-state index in [0.717, 1.165) is 15.8 Å². The van der Waals surface area contributed by atoms with Gasteiger partial charge < -0.3 is 16.0 Å². The van der Waals surface area contributed by atoms with Crippen LogP contribution in [0, 0.1) is 6.92 Å². The van der Waals surface area contributed by atoms with E-state index in [0.29, 0.717) is 10.6 Å². The third-order valence-corrected chi connectivity index (χ3v) is 4.14. The van der Waals surface area contributed by atoms with Crippen molar-refractivity contribution < 1.29 is 9.59 Å². The number of aryl methyl sites for hydroxylation is 1. The Kier molecular flexibility index (Phi) is 3.89. The van der Waals surface area contributed by atoms with Crippen LogP contribution in [0.1, 0.15) is 15.2 Å². The van der Waals surface area contributed by atoms with Crippen LogP contribution in [0.4, 0.5) is 5.69 Å². The molecule has 2 amide bonds. The molecule has 0 radical (unpaired) electrons. The number of likely N-dealkylation sites (N-methyl/N-ethyl adjacent to an activating group) is 2. The number of nitrogens with one attached hydrogen (secondary N) is 1. The molecule has 3 N–H and O–H groups in total. The van der Waals surface area contributed by atoms with E-state index in [4.69, 9.17) is 5.73 Å². The fourth-order valence-corrected chi connectivity index (χ4v) is 3.04. The van der Waals surface area contributed by atoms with Crippen molar-refractivity contribution in [3.8, 4) is 0 Å². The SMILES string of the molecule is CNC(=O)CN(C)C(=O)c1sc2nccc(C)c2c1N. The second kappa shape index (κ2) is 5.46. The van der Waals surface area contributed by atoms with Gasteiger partial charge in [0.15, 0.2) is 0 Å². The van der Waals surface area contributed by atoms with Crippen LogP contribution in [0.15, 0.2) is 12.3 Å². The van der Waals surface area contributed by atoms with Crippen LogP contribution in [0.25, 0.3) is 10.2 Å². The molecule has 0 aliphatic carbocycles. The average molecular weight is 292 g/mol. The lowest BCUT2D eigenvalue weighted by Crippen LogP contribution is -2.36. The Labute approximate surface area is 120 Å². The topological polar surface area (TPSA) is 88.3 Å². The van der Waals surface area contributed by atoms with Gasteiger partial charge in [0, 0.05) is 25.7 Å². The number of nitrogens with two attached hydrogens (primary N) is 1. The molecule has 6 nitrogen and oxygen atoms in total. The Balaban J connectivity index is 2.38. The minimum absolute atomic E-state index is 0.00453. The molecule has 2 aromatic heterocycles. The van der Waals surface area contributed by atoms with Gasteiger partial charge in [0.05, 0.1) is 12.2 Å². The van der Waals surface area contributed by atoms with Crippen molar-refractivity contribution in [3.63, 3.8) is 0 Å². The molecule has 0 spiro atoms. The number of carbonyl (C=O) groups excluding carboxylic acids is 2. The van der Waals surface area contributed by atoms with Crippen molar-refractivity contribution in [2.24, 2.45) is 0 Å². The summed E-state index contributed by atoms with van der Waals surface area (Å²) in [6, 6.07) is 1.86. The zero-order valence-electron chi connectivity index (χ0n) is 11.6. The van der Waals surface area contributed by atoms with Gasteiger partial charge in [0.25, 0.3) is 5.91 Å². The van der Waals surface area contributed by atoms with Gasteiger partial charge in [-0.3, -0.25) is 9.59 Å². The Morgan fingerprint density at radius 2 is 2.20 bits per heavy atom. The Bertz CT molecular complexity index is 680. The van der Waals surface area contributed by atoms with Gasteiger partial charge in [0.1, 0.15) is 9.71 Å². The molecule has 106 valence electrons. The Morgan fingerprint density at radius 3 is 2.80 bits per heavy atom. The standard InChI is InChI=1S/C13H16N4O2S/c1-7-4-5-16-12-9(7)10(14)11(20-12)13(19)17(3)6-8(18)15-2/h4-5H,6,14H2,1-3H3,(H,15,18). The van der Waals surface area contributed by atoms with Crippen molar-refractivity contribution in [2.45, 2.75) is 6.92 Å². The highest BCUT2D eigenvalue weighted by atomic mass is 32.1. The van der Waals surface area contributed by atoms with Gasteiger partial charge in [-0.1, -0.05) is 0 Å². The molecular weight excluding hydrogens is 276 g/mol. The second-order valence-electron chi connectivity index (χ2n) is 4.49. The summed E-state index contributed by atoms with van der Waals surface area (Å²) in [5, 5.41) is 3.29. The van der Waals surface area contributed by atoms with E-state index in [9.17, 15) is 9.59 Å². The minimum Gasteiger partial charge on any atom is -0.397 e. The van der Waals surface area contributed by atoms with Gasteiger partial charge >= 0.3 is 0 Å². The van der Waals surface area contributed by atoms with Crippen molar-refractivity contribution in [2.75, 3.05) is 26.4 Å². The van der Waals surface area contributed by atoms with Crippen LogP contribution in [-0.2, 0) is 4.79 Å². The number of hydrogen-bond donors (Lipinski definition) is 2. The predicted molar refractivity (Wildman–Crippen MR) is 79.8 cm³/mol. The zero-order valence-corrected chi connectivity index (χ0v) is 12.4. The van der Waals surface area contributed by atoms with Gasteiger partial charge in [-0.05, 0) is 18.6 Å². The summed E-state index contributed by atoms with van der Waals surface area (Å²) in [5.74, 6) is -0.497. The highest BCUT2D eigenvalue weighted by Gasteiger charge is 2.22. The van der Waals surface area contributed by atoms with E-state index in [1.807, 2.05) is 13.0 Å². The summed E-state index contributed by atoms with van der Waals surface area (Å²) in [6.07, 6.45) is 1.69. The molecule has 0 bridgehead atoms. The number of aromatic nitrogens is 1. The molecule has 2 heterocycles. The van der Waals surface area contributed by atoms with Crippen LogP contribution in [-0.4, -0.2) is 42.3 Å². The zero-order chi connectivity index (χ0) is 14.9. The molecule has 0 saturated heterocycles. The highest BCUT2D eigenvalue weighted by Crippen LogP contribution is 2.34. The molecule has 0 saturated carbocycles. The third kappa shape index (κ3) is 2.44. The van der Waals surface area contributed by atoms with E-state index in [1.54, 1.807) is 13.2 Å². The number of thiophene rings is 1. The van der Waals surface area contributed by atoms with Crippen LogP contribution >= 0.6 is 11.3 Å². The van der Waals surface area contributed by atoms with Crippen LogP contribution in [0.3, 0.4) is 0 Å². The first-order valence-corrected chi connectivity index (χ1v) is 6.87. The van der Waals surface area contributed by atoms with Crippen LogP contribution in [0.5, 0.6) is 0 Å². The fourth-order valence-electron chi connectivity index (χ4n) is 1.90. The lowest BCUT2D eigenvalue weighted by molar-refractivity contribution is -0.121. The molecular formula is C13H16N4O2S. The number of anilines is 1. The van der Waals surface area contributed by atoms with E-state index >= 15 is 0 Å². The number of nitrogen functional groups attached to an aromatic ring is 1. The number of nitrogens with zero attached hydrogens (tertiary/aromatic N) is 2. The third-order valence-electron chi connectivity index (χ3n) is 3.04. The molecule has 2 aromatic rings. The molecule has 0 aliphatic heterocycles. The number of carbonyl (C=O) groups is 2. The first kappa shape index (κ1) is 14.3. The first-order chi connectivity index (χ1) is 9.45. The first-order valence-electron chi connectivity index (χ1n) is 6.05. The van der Waals surface area contributed by atoms with Gasteiger partial charge in [-0.25, -0.2) is 4.98 Å². The number of pyridine rings is 1. The van der Waals surface area contributed by atoms with Crippen molar-refractivity contribution in [1.82, 2.24) is 15.2 Å². The second-order valence-corrected chi connectivity index (χ2v) is 5.49. The van der Waals surface area contributed by atoms with E-state index in [2.05, 4.69) is 10.3 Å². The monoisotopic (exact) mass is 292 g/mol. The van der Waals surface area contributed by atoms with Gasteiger partial charge in [0.2, 0.25) is 5.91 Å². The molecule has 0 fully saturated rings. The maximum Gasteiger partial charge on any atom is 0.266 e. The van der Waals surface area contributed by atoms with Crippen LogP contribution < -0.4 is 11.1 Å². The summed E-state index contributed by atoms with van der Waals surface area (Å²) in [7, 11) is 3.10. The Hall–Kier alpha value is -2.15.